The Morgan fingerprint density at radius 3 is 2.18 bits per heavy atom. The number of sulfonamides is 1. The van der Waals surface area contributed by atoms with Crippen LogP contribution in [0.1, 0.15) is 37.7 Å². The molecule has 0 spiro atoms. The predicted molar refractivity (Wildman–Crippen MR) is 113 cm³/mol. The average molecular weight is 492 g/mol. The number of likely N-dealkylation sites (tertiary alicyclic amines) is 1. The predicted octanol–water partition coefficient (Wildman–Crippen LogP) is 2.89. The van der Waals surface area contributed by atoms with Crippen molar-refractivity contribution < 1.29 is 35.9 Å². The summed E-state index contributed by atoms with van der Waals surface area (Å²) in [6, 6.07) is 6.40. The Morgan fingerprint density at radius 1 is 1.00 bits per heavy atom. The zero-order valence-electron chi connectivity index (χ0n) is 18.1. The zero-order valence-corrected chi connectivity index (χ0v) is 19.0. The lowest BCUT2D eigenvalue weighted by atomic mass is 9.96. The zero-order chi connectivity index (χ0) is 24.1. The minimum absolute atomic E-state index is 0.137. The van der Waals surface area contributed by atoms with E-state index in [0.29, 0.717) is 25.9 Å². The van der Waals surface area contributed by atoms with E-state index in [1.807, 2.05) is 0 Å². The molecule has 3 rings (SSSR count). The van der Waals surface area contributed by atoms with Crippen LogP contribution in [0.2, 0.25) is 0 Å². The second-order valence-electron chi connectivity index (χ2n) is 8.26. The highest BCUT2D eigenvalue weighted by molar-refractivity contribution is 7.89. The minimum Gasteiger partial charge on any atom is -0.440 e. The molecule has 2 aliphatic rings. The van der Waals surface area contributed by atoms with Crippen molar-refractivity contribution in [3.63, 3.8) is 0 Å². The Labute approximate surface area is 191 Å². The Balaban J connectivity index is 1.44. The fourth-order valence-electron chi connectivity index (χ4n) is 3.93. The molecule has 0 bridgehead atoms. The number of alkyl halides is 3. The molecule has 8 nitrogen and oxygen atoms in total. The number of ether oxygens (including phenoxy) is 1. The van der Waals surface area contributed by atoms with Crippen LogP contribution < -0.4 is 5.32 Å². The maximum atomic E-state index is 12.7. The molecule has 1 aromatic carbocycles. The van der Waals surface area contributed by atoms with Gasteiger partial charge in [0.2, 0.25) is 15.9 Å². The van der Waals surface area contributed by atoms with Gasteiger partial charge in [0.1, 0.15) is 0 Å². The fraction of sp³-hybridized carbons (Fsp3) is 0.619. The summed E-state index contributed by atoms with van der Waals surface area (Å²) < 4.78 is 67.6. The fourth-order valence-corrected chi connectivity index (χ4v) is 5.44. The number of carbonyl (C=O) groups excluding carboxylic acids is 2. The summed E-state index contributed by atoms with van der Waals surface area (Å²) in [6.07, 6.45) is -2.23. The monoisotopic (exact) mass is 491 g/mol. The summed E-state index contributed by atoms with van der Waals surface area (Å²) in [5, 5.41) is 2.80. The van der Waals surface area contributed by atoms with Gasteiger partial charge in [-0.3, -0.25) is 4.79 Å². The van der Waals surface area contributed by atoms with Gasteiger partial charge in [-0.05, 0) is 43.4 Å². The minimum atomic E-state index is -4.58. The molecule has 2 fully saturated rings. The van der Waals surface area contributed by atoms with Gasteiger partial charge in [0, 0.05) is 38.6 Å². The Morgan fingerprint density at radius 2 is 1.61 bits per heavy atom. The van der Waals surface area contributed by atoms with E-state index in [2.05, 4.69) is 10.1 Å². The standard InChI is InChI=1S/C21H28F3N3O5S/c22-21(23,24)15-32-20(29)26-12-8-17(9-13-26)19(28)25-14-16-4-6-18(7-5-16)33(30,31)27-10-2-1-3-11-27/h4-7,17H,1-3,8-15H2,(H,25,28). The van der Waals surface area contributed by atoms with Gasteiger partial charge in [0.05, 0.1) is 4.90 Å². The van der Waals surface area contributed by atoms with Crippen molar-refractivity contribution in [1.82, 2.24) is 14.5 Å². The van der Waals surface area contributed by atoms with Gasteiger partial charge in [0.25, 0.3) is 0 Å². The molecule has 2 amide bonds. The Bertz CT molecular complexity index is 923. The molecule has 1 aromatic rings. The van der Waals surface area contributed by atoms with Gasteiger partial charge >= 0.3 is 12.3 Å². The molecule has 2 heterocycles. The number of benzene rings is 1. The van der Waals surface area contributed by atoms with Crippen LogP contribution in [-0.2, 0) is 26.1 Å². The summed E-state index contributed by atoms with van der Waals surface area (Å²) in [5.74, 6) is -0.584. The van der Waals surface area contributed by atoms with E-state index in [1.165, 1.54) is 16.4 Å². The SMILES string of the molecule is O=C(NCc1ccc(S(=O)(=O)N2CCCCC2)cc1)C1CCN(C(=O)OCC(F)(F)F)CC1. The van der Waals surface area contributed by atoms with E-state index < -0.39 is 28.9 Å². The number of hydrogen-bond acceptors (Lipinski definition) is 5. The topological polar surface area (TPSA) is 96.0 Å². The van der Waals surface area contributed by atoms with Crippen LogP contribution in [0, 0.1) is 5.92 Å². The molecule has 2 saturated heterocycles. The number of halogens is 3. The Kier molecular flexibility index (Phi) is 8.22. The van der Waals surface area contributed by atoms with Gasteiger partial charge in [-0.2, -0.15) is 17.5 Å². The maximum absolute atomic E-state index is 12.7. The molecule has 12 heteroatoms. The molecule has 0 radical (unpaired) electrons. The summed E-state index contributed by atoms with van der Waals surface area (Å²) in [4.78, 5) is 25.5. The second-order valence-corrected chi connectivity index (χ2v) is 10.2. The first-order valence-electron chi connectivity index (χ1n) is 10.9. The molecule has 0 saturated carbocycles. The highest BCUT2D eigenvalue weighted by Gasteiger charge is 2.33. The van der Waals surface area contributed by atoms with Crippen molar-refractivity contribution in [1.29, 1.82) is 0 Å². The molecule has 0 unspecified atom stereocenters. The van der Waals surface area contributed by atoms with Crippen LogP contribution in [0.5, 0.6) is 0 Å². The molecule has 0 aliphatic carbocycles. The van der Waals surface area contributed by atoms with Crippen LogP contribution >= 0.6 is 0 Å². The number of carbonyl (C=O) groups is 2. The second kappa shape index (κ2) is 10.7. The summed E-state index contributed by atoms with van der Waals surface area (Å²) >= 11 is 0. The first kappa shape index (κ1) is 25.3. The van der Waals surface area contributed by atoms with Crippen molar-refractivity contribution in [3.8, 4) is 0 Å². The molecule has 0 atom stereocenters. The highest BCUT2D eigenvalue weighted by atomic mass is 32.2. The van der Waals surface area contributed by atoms with E-state index in [4.69, 9.17) is 0 Å². The van der Waals surface area contributed by atoms with E-state index in [9.17, 15) is 31.2 Å². The Hall–Kier alpha value is -2.34. The molecule has 33 heavy (non-hydrogen) atoms. The smallest absolute Gasteiger partial charge is 0.422 e. The maximum Gasteiger partial charge on any atom is 0.422 e. The van der Waals surface area contributed by atoms with Gasteiger partial charge < -0.3 is 15.0 Å². The van der Waals surface area contributed by atoms with E-state index in [1.54, 1.807) is 12.1 Å². The first-order valence-corrected chi connectivity index (χ1v) is 12.4. The van der Waals surface area contributed by atoms with E-state index in [-0.39, 0.29) is 36.4 Å². The summed E-state index contributed by atoms with van der Waals surface area (Å²) in [6.45, 7) is -0.0885. The van der Waals surface area contributed by atoms with Crippen molar-refractivity contribution in [2.24, 2.45) is 5.92 Å². The number of rotatable bonds is 6. The number of hydrogen-bond donors (Lipinski definition) is 1. The summed E-state index contributed by atoms with van der Waals surface area (Å²) in [5.41, 5.74) is 0.745. The molecular formula is C21H28F3N3O5S. The van der Waals surface area contributed by atoms with Crippen LogP contribution in [0.15, 0.2) is 29.2 Å². The lowest BCUT2D eigenvalue weighted by Gasteiger charge is -2.30. The quantitative estimate of drug-likeness (QED) is 0.660. The molecule has 0 aromatic heterocycles. The average Bonchev–Trinajstić information content (AvgIpc) is 2.81. The van der Waals surface area contributed by atoms with Gasteiger partial charge in [-0.25, -0.2) is 13.2 Å². The van der Waals surface area contributed by atoms with Crippen LogP contribution in [0.4, 0.5) is 18.0 Å². The van der Waals surface area contributed by atoms with Gasteiger partial charge in [-0.15, -0.1) is 0 Å². The van der Waals surface area contributed by atoms with Crippen LogP contribution in [-0.4, -0.2) is 68.6 Å². The molecule has 1 N–H and O–H groups in total. The number of nitrogens with zero attached hydrogens (tertiary/aromatic N) is 2. The van der Waals surface area contributed by atoms with Crippen LogP contribution in [0.3, 0.4) is 0 Å². The third-order valence-corrected chi connectivity index (χ3v) is 7.74. The molecular weight excluding hydrogens is 463 g/mol. The molecule has 184 valence electrons. The summed E-state index contributed by atoms with van der Waals surface area (Å²) in [7, 11) is -3.51. The number of amides is 2. The van der Waals surface area contributed by atoms with E-state index in [0.717, 1.165) is 29.7 Å². The highest BCUT2D eigenvalue weighted by Crippen LogP contribution is 2.22. The van der Waals surface area contributed by atoms with Gasteiger partial charge in [0.15, 0.2) is 6.61 Å². The lowest BCUT2D eigenvalue weighted by Crippen LogP contribution is -2.43. The van der Waals surface area contributed by atoms with E-state index >= 15 is 0 Å². The van der Waals surface area contributed by atoms with Crippen molar-refractivity contribution in [2.45, 2.75) is 49.7 Å². The number of nitrogens with one attached hydrogen (secondary N) is 1. The molecule has 2 aliphatic heterocycles. The van der Waals surface area contributed by atoms with Crippen LogP contribution in [0.25, 0.3) is 0 Å². The third kappa shape index (κ3) is 7.07. The first-order chi connectivity index (χ1) is 15.6. The van der Waals surface area contributed by atoms with Crippen molar-refractivity contribution >= 4 is 22.0 Å². The van der Waals surface area contributed by atoms with Crippen molar-refractivity contribution in [3.05, 3.63) is 29.8 Å². The van der Waals surface area contributed by atoms with Gasteiger partial charge in [-0.1, -0.05) is 18.6 Å². The third-order valence-electron chi connectivity index (χ3n) is 5.83. The number of piperidine rings is 2. The normalized spacial score (nSPS) is 18.7. The lowest BCUT2D eigenvalue weighted by molar-refractivity contribution is -0.162. The largest absolute Gasteiger partial charge is 0.440 e. The van der Waals surface area contributed by atoms with Crippen molar-refractivity contribution in [2.75, 3.05) is 32.8 Å².